The smallest absolute Gasteiger partial charge is 0.251 e. The van der Waals surface area contributed by atoms with Gasteiger partial charge in [0, 0.05) is 30.9 Å². The molecule has 0 aliphatic carbocycles. The van der Waals surface area contributed by atoms with Crippen LogP contribution >= 0.6 is 0 Å². The molecule has 1 aromatic heterocycles. The van der Waals surface area contributed by atoms with Crippen LogP contribution in [0.3, 0.4) is 0 Å². The van der Waals surface area contributed by atoms with Crippen LogP contribution in [-0.4, -0.2) is 74.1 Å². The molecule has 4 N–H and O–H groups in total. The van der Waals surface area contributed by atoms with Gasteiger partial charge in [-0.25, -0.2) is 14.4 Å². The molecule has 0 radical (unpaired) electrons. The number of amides is 1. The molecule has 3 rings (SSSR count). The maximum Gasteiger partial charge on any atom is 0.251 e. The largest absolute Gasteiger partial charge is 0.486 e. The van der Waals surface area contributed by atoms with E-state index in [4.69, 9.17) is 10.5 Å². The number of aliphatic imine (C=N–C) groups is 1. The number of nitrogens with two attached hydrogens (primary N) is 1. The van der Waals surface area contributed by atoms with Crippen molar-refractivity contribution >= 4 is 18.1 Å². The minimum absolute atomic E-state index is 0.182. The molecule has 2 heterocycles. The van der Waals surface area contributed by atoms with Crippen molar-refractivity contribution in [3.05, 3.63) is 42.0 Å². The molecule has 0 spiro atoms. The lowest BCUT2D eigenvalue weighted by atomic mass is 10.0. The number of likely N-dealkylation sites (tertiary alicyclic amines) is 1. The van der Waals surface area contributed by atoms with Crippen LogP contribution in [0.1, 0.15) is 39.7 Å². The van der Waals surface area contributed by atoms with E-state index in [9.17, 15) is 19.6 Å². The first-order valence-corrected chi connectivity index (χ1v) is 11.8. The summed E-state index contributed by atoms with van der Waals surface area (Å²) in [5, 5.41) is 22.1. The summed E-state index contributed by atoms with van der Waals surface area (Å²) in [6.45, 7) is 7.26. The van der Waals surface area contributed by atoms with E-state index in [2.05, 4.69) is 31.3 Å². The van der Waals surface area contributed by atoms with E-state index < -0.39 is 24.3 Å². The van der Waals surface area contributed by atoms with E-state index in [0.717, 1.165) is 0 Å². The van der Waals surface area contributed by atoms with Crippen molar-refractivity contribution in [1.29, 1.82) is 5.26 Å². The topological polar surface area (TPSA) is 163 Å². The number of hydrogen-bond donors (Lipinski definition) is 3. The standard InChI is InChI=1S/C25H31FN8O3/c1-15(35)23(36)34-8-7-21(19(26)13-34)37-20-6-5-16(9-17(20)10-27)22-29-14-30-24(33-22)32-18(11-28)12-31-25(2,3)4/h5-6,9,11-12,14-15,19,21,35H,7-8,13,28H2,1-4H3,(H,29,30,32,33)/t15-,19+,21?/m0/s1. The maximum atomic E-state index is 14.7. The van der Waals surface area contributed by atoms with Crippen LogP contribution < -0.4 is 15.8 Å². The molecule has 3 atom stereocenters. The number of nitrogens with one attached hydrogen (secondary N) is 1. The predicted octanol–water partition coefficient (Wildman–Crippen LogP) is 2.19. The second-order valence-corrected chi connectivity index (χ2v) is 9.55. The van der Waals surface area contributed by atoms with Crippen LogP contribution in [-0.2, 0) is 4.79 Å². The van der Waals surface area contributed by atoms with Crippen LogP contribution in [0.4, 0.5) is 10.3 Å². The van der Waals surface area contributed by atoms with Crippen molar-refractivity contribution in [2.24, 2.45) is 10.7 Å². The Morgan fingerprint density at radius 1 is 1.43 bits per heavy atom. The van der Waals surface area contributed by atoms with Gasteiger partial charge in [-0.3, -0.25) is 9.79 Å². The normalized spacial score (nSPS) is 19.4. The summed E-state index contributed by atoms with van der Waals surface area (Å²) in [6.07, 6.45) is 0.999. The van der Waals surface area contributed by atoms with E-state index >= 15 is 0 Å². The zero-order valence-corrected chi connectivity index (χ0v) is 21.2. The summed E-state index contributed by atoms with van der Waals surface area (Å²) in [7, 11) is 0. The molecule has 2 aromatic rings. The average Bonchev–Trinajstić information content (AvgIpc) is 2.87. The Morgan fingerprint density at radius 2 is 2.19 bits per heavy atom. The molecule has 1 saturated heterocycles. The van der Waals surface area contributed by atoms with Gasteiger partial charge in [0.05, 0.1) is 23.3 Å². The summed E-state index contributed by atoms with van der Waals surface area (Å²) in [5.74, 6) is 0.232. The number of aromatic nitrogens is 3. The maximum absolute atomic E-state index is 14.7. The average molecular weight is 511 g/mol. The number of allylic oxidation sites excluding steroid dienone is 1. The number of aliphatic hydroxyl groups is 1. The van der Waals surface area contributed by atoms with E-state index in [1.165, 1.54) is 24.4 Å². The minimum Gasteiger partial charge on any atom is -0.486 e. The lowest BCUT2D eigenvalue weighted by Crippen LogP contribution is -2.51. The van der Waals surface area contributed by atoms with Crippen molar-refractivity contribution < 1.29 is 19.0 Å². The Balaban J connectivity index is 1.74. The van der Waals surface area contributed by atoms with Gasteiger partial charge in [0.2, 0.25) is 5.95 Å². The van der Waals surface area contributed by atoms with Gasteiger partial charge in [-0.15, -0.1) is 0 Å². The Kier molecular flexibility index (Phi) is 8.73. The highest BCUT2D eigenvalue weighted by Gasteiger charge is 2.34. The third-order valence-corrected chi connectivity index (χ3v) is 5.39. The van der Waals surface area contributed by atoms with E-state index in [0.29, 0.717) is 17.1 Å². The summed E-state index contributed by atoms with van der Waals surface area (Å²) in [4.78, 5) is 30.3. The molecular formula is C25H31FN8O3. The third kappa shape index (κ3) is 7.44. The second-order valence-electron chi connectivity index (χ2n) is 9.55. The van der Waals surface area contributed by atoms with Crippen LogP contribution in [0, 0.1) is 11.3 Å². The van der Waals surface area contributed by atoms with Gasteiger partial charge in [0.1, 0.15) is 30.4 Å². The molecule has 1 fully saturated rings. The fourth-order valence-corrected chi connectivity index (χ4v) is 3.51. The molecule has 1 amide bonds. The van der Waals surface area contributed by atoms with E-state index in [-0.39, 0.29) is 42.3 Å². The van der Waals surface area contributed by atoms with Crippen molar-refractivity contribution in [2.75, 3.05) is 18.4 Å². The molecule has 0 saturated carbocycles. The molecule has 37 heavy (non-hydrogen) atoms. The number of piperidine rings is 1. The fraction of sp³-hybridized carbons (Fsp3) is 0.440. The minimum atomic E-state index is -1.47. The Morgan fingerprint density at radius 3 is 2.81 bits per heavy atom. The highest BCUT2D eigenvalue weighted by Crippen LogP contribution is 2.28. The van der Waals surface area contributed by atoms with Crippen LogP contribution in [0.5, 0.6) is 5.75 Å². The number of nitrogens with zero attached hydrogens (tertiary/aromatic N) is 6. The monoisotopic (exact) mass is 510 g/mol. The SMILES string of the molecule is C[C@H](O)C(=O)N1CCC(Oc2ccc(-c3ncnc(NC(C=NC(C)(C)C)=CN)n3)cc2C#N)[C@H](F)C1. The highest BCUT2D eigenvalue weighted by molar-refractivity contribution is 5.82. The van der Waals surface area contributed by atoms with E-state index in [1.54, 1.807) is 24.4 Å². The molecule has 12 heteroatoms. The van der Waals surface area contributed by atoms with Crippen molar-refractivity contribution in [3.63, 3.8) is 0 Å². The van der Waals surface area contributed by atoms with Gasteiger partial charge in [0.15, 0.2) is 12.0 Å². The Bertz CT molecular complexity index is 1220. The number of alkyl halides is 1. The number of hydrogen-bond acceptors (Lipinski definition) is 10. The molecule has 0 bridgehead atoms. The molecule has 1 unspecified atom stereocenters. The predicted molar refractivity (Wildman–Crippen MR) is 136 cm³/mol. The summed E-state index contributed by atoms with van der Waals surface area (Å²) >= 11 is 0. The number of halogens is 1. The lowest BCUT2D eigenvalue weighted by Gasteiger charge is -2.35. The molecule has 196 valence electrons. The van der Waals surface area contributed by atoms with Gasteiger partial charge in [-0.05, 0) is 45.9 Å². The molecule has 1 aliphatic rings. The van der Waals surface area contributed by atoms with Gasteiger partial charge in [0.25, 0.3) is 5.91 Å². The number of carbonyl (C=O) groups is 1. The van der Waals surface area contributed by atoms with Crippen molar-refractivity contribution in [1.82, 2.24) is 19.9 Å². The summed E-state index contributed by atoms with van der Waals surface area (Å²) < 4.78 is 20.6. The van der Waals surface area contributed by atoms with Gasteiger partial charge < -0.3 is 25.8 Å². The number of benzene rings is 1. The van der Waals surface area contributed by atoms with Gasteiger partial charge in [-0.1, -0.05) is 0 Å². The number of aliphatic hydroxyl groups excluding tert-OH is 1. The summed E-state index contributed by atoms with van der Waals surface area (Å²) in [5.41, 5.74) is 6.61. The number of nitriles is 1. The highest BCUT2D eigenvalue weighted by atomic mass is 19.1. The number of ether oxygens (including phenoxy) is 1. The molecular weight excluding hydrogens is 479 g/mol. The quantitative estimate of drug-likeness (QED) is 0.474. The zero-order chi connectivity index (χ0) is 27.2. The number of carbonyl (C=O) groups excluding carboxylic acids is 1. The van der Waals surface area contributed by atoms with Crippen LogP contribution in [0.25, 0.3) is 11.4 Å². The van der Waals surface area contributed by atoms with Crippen LogP contribution in [0.15, 0.2) is 41.4 Å². The fourth-order valence-electron chi connectivity index (χ4n) is 3.51. The Hall–Kier alpha value is -4.11. The molecule has 1 aliphatic heterocycles. The number of rotatable bonds is 7. The molecule has 1 aromatic carbocycles. The zero-order valence-electron chi connectivity index (χ0n) is 21.2. The third-order valence-electron chi connectivity index (χ3n) is 5.39. The Labute approximate surface area is 214 Å². The summed E-state index contributed by atoms with van der Waals surface area (Å²) in [6, 6.07) is 6.84. The molecule has 11 nitrogen and oxygen atoms in total. The van der Waals surface area contributed by atoms with Gasteiger partial charge >= 0.3 is 0 Å². The number of anilines is 1. The van der Waals surface area contributed by atoms with Gasteiger partial charge in [-0.2, -0.15) is 10.2 Å². The van der Waals surface area contributed by atoms with Crippen molar-refractivity contribution in [3.8, 4) is 23.2 Å². The first-order chi connectivity index (χ1) is 17.5. The van der Waals surface area contributed by atoms with E-state index in [1.807, 2.05) is 20.8 Å². The first kappa shape index (κ1) is 27.5. The second kappa shape index (κ2) is 11.7. The first-order valence-electron chi connectivity index (χ1n) is 11.8. The van der Waals surface area contributed by atoms with Crippen molar-refractivity contribution in [2.45, 2.75) is 58.0 Å². The lowest BCUT2D eigenvalue weighted by molar-refractivity contribution is -0.143. The van der Waals surface area contributed by atoms with Crippen LogP contribution in [0.2, 0.25) is 0 Å².